The molecule has 0 bridgehead atoms. The van der Waals surface area contributed by atoms with E-state index in [1.807, 2.05) is 0 Å². The molecule has 15 heteroatoms. The number of fused-ring (bicyclic) bond motifs is 1. The van der Waals surface area contributed by atoms with Gasteiger partial charge in [-0.2, -0.15) is 0 Å². The molecular formula is C22H30N4O11. The Hall–Kier alpha value is -2.76. The Balaban J connectivity index is 1.57. The van der Waals surface area contributed by atoms with E-state index in [4.69, 9.17) is 23.8 Å². The molecule has 0 aliphatic carbocycles. The van der Waals surface area contributed by atoms with E-state index in [2.05, 4.69) is 15.6 Å². The van der Waals surface area contributed by atoms with Gasteiger partial charge < -0.3 is 49.5 Å². The molecule has 204 valence electrons. The van der Waals surface area contributed by atoms with Gasteiger partial charge in [0.15, 0.2) is 12.4 Å². The fourth-order valence-corrected chi connectivity index (χ4v) is 4.51. The summed E-state index contributed by atoms with van der Waals surface area (Å²) in [5, 5.41) is 52.2. The Morgan fingerprint density at radius 3 is 2.51 bits per heavy atom. The number of nitrogens with one attached hydrogen (secondary N) is 1. The van der Waals surface area contributed by atoms with Crippen LogP contribution < -0.4 is 10.2 Å². The van der Waals surface area contributed by atoms with E-state index in [0.717, 1.165) is 4.85 Å². The lowest BCUT2D eigenvalue weighted by Crippen LogP contribution is -2.67. The van der Waals surface area contributed by atoms with Crippen molar-refractivity contribution in [2.75, 3.05) is 13.7 Å². The highest BCUT2D eigenvalue weighted by Crippen LogP contribution is 2.30. The van der Waals surface area contributed by atoms with Gasteiger partial charge in [-0.15, -0.1) is 5.10 Å². The fourth-order valence-electron chi connectivity index (χ4n) is 4.51. The second kappa shape index (κ2) is 11.3. The number of hydrogen-bond acceptors (Lipinski definition) is 13. The molecule has 1 aromatic heterocycles. The van der Waals surface area contributed by atoms with Gasteiger partial charge in [0.2, 0.25) is 5.91 Å². The zero-order valence-corrected chi connectivity index (χ0v) is 20.3. The number of ether oxygens (including phenoxy) is 4. The van der Waals surface area contributed by atoms with Crippen LogP contribution in [-0.2, 0) is 28.5 Å². The molecule has 2 aromatic rings. The van der Waals surface area contributed by atoms with Crippen molar-refractivity contribution in [1.29, 1.82) is 0 Å². The number of rotatable bonds is 7. The van der Waals surface area contributed by atoms with Crippen LogP contribution in [0.4, 0.5) is 0 Å². The van der Waals surface area contributed by atoms with E-state index >= 15 is 0 Å². The molecule has 0 spiro atoms. The minimum atomic E-state index is -1.71. The number of aliphatic hydroxyl groups excluding tert-OH is 4. The van der Waals surface area contributed by atoms with Crippen LogP contribution in [-0.4, -0.2) is 122 Å². The molecule has 5 N–H and O–H groups in total. The van der Waals surface area contributed by atoms with Gasteiger partial charge in [0, 0.05) is 14.0 Å². The lowest BCUT2D eigenvalue weighted by Gasteiger charge is -2.47. The fraction of sp³-hybridized carbons (Fsp3) is 0.636. The summed E-state index contributed by atoms with van der Waals surface area (Å²) in [7, 11) is 1.21. The molecule has 4 unspecified atom stereocenters. The number of amides is 1. The van der Waals surface area contributed by atoms with Crippen molar-refractivity contribution in [2.45, 2.75) is 75.0 Å². The summed E-state index contributed by atoms with van der Waals surface area (Å²) in [6.45, 7) is 2.32. The van der Waals surface area contributed by atoms with Gasteiger partial charge in [0.25, 0.3) is 0 Å². The number of aliphatic hydroxyl groups is 4. The van der Waals surface area contributed by atoms with Crippen molar-refractivity contribution >= 4 is 22.9 Å². The SMILES string of the molecule is CO[C@@H]1C(O)[C@H](O[C@@H]2C(NC(C)=O)[C@H](C)OC(CO)[C@H]2O)OC(C(=O)On2nnc3ccccc32)[C@H]1O. The molecule has 2 aliphatic rings. The average Bonchev–Trinajstić information content (AvgIpc) is 3.27. The maximum Gasteiger partial charge on any atom is 0.366 e. The molecule has 0 saturated carbocycles. The first kappa shape index (κ1) is 27.3. The van der Waals surface area contributed by atoms with Gasteiger partial charge in [0.1, 0.15) is 47.7 Å². The van der Waals surface area contributed by atoms with Crippen LogP contribution in [0, 0.1) is 0 Å². The molecule has 0 radical (unpaired) electrons. The third kappa shape index (κ3) is 5.44. The maximum atomic E-state index is 13.0. The normalized spacial score (nSPS) is 36.3. The number of benzene rings is 1. The van der Waals surface area contributed by atoms with Crippen molar-refractivity contribution < 1.29 is 53.8 Å². The molecule has 4 rings (SSSR count). The summed E-state index contributed by atoms with van der Waals surface area (Å²) < 4.78 is 22.3. The Labute approximate surface area is 210 Å². The molecule has 1 aromatic carbocycles. The lowest BCUT2D eigenvalue weighted by molar-refractivity contribution is -0.328. The number of carbonyl (C=O) groups is 2. The van der Waals surface area contributed by atoms with Crippen molar-refractivity contribution in [3.63, 3.8) is 0 Å². The Morgan fingerprint density at radius 2 is 1.84 bits per heavy atom. The highest BCUT2D eigenvalue weighted by Gasteiger charge is 2.53. The molecule has 37 heavy (non-hydrogen) atoms. The van der Waals surface area contributed by atoms with Crippen LogP contribution in [0.15, 0.2) is 24.3 Å². The molecule has 3 heterocycles. The van der Waals surface area contributed by atoms with Gasteiger partial charge >= 0.3 is 5.97 Å². The lowest BCUT2D eigenvalue weighted by atomic mass is 9.92. The average molecular weight is 526 g/mol. The molecule has 2 saturated heterocycles. The van der Waals surface area contributed by atoms with E-state index in [9.17, 15) is 30.0 Å². The smallest absolute Gasteiger partial charge is 0.366 e. The van der Waals surface area contributed by atoms with Crippen molar-refractivity contribution in [1.82, 2.24) is 20.5 Å². The monoisotopic (exact) mass is 526 g/mol. The summed E-state index contributed by atoms with van der Waals surface area (Å²) in [6, 6.07) is 5.78. The highest BCUT2D eigenvalue weighted by molar-refractivity contribution is 5.78. The molecule has 15 nitrogen and oxygen atoms in total. The zero-order valence-electron chi connectivity index (χ0n) is 20.3. The predicted octanol–water partition coefficient (Wildman–Crippen LogP) is -3.12. The van der Waals surface area contributed by atoms with Crippen molar-refractivity contribution in [3.05, 3.63) is 24.3 Å². The first-order chi connectivity index (χ1) is 17.7. The van der Waals surface area contributed by atoms with E-state index in [1.54, 1.807) is 31.2 Å². The first-order valence-corrected chi connectivity index (χ1v) is 11.6. The van der Waals surface area contributed by atoms with Crippen LogP contribution in [0.1, 0.15) is 13.8 Å². The van der Waals surface area contributed by atoms with Crippen LogP contribution in [0.25, 0.3) is 11.0 Å². The second-order valence-electron chi connectivity index (χ2n) is 8.85. The second-order valence-corrected chi connectivity index (χ2v) is 8.85. The molecule has 2 fully saturated rings. The maximum absolute atomic E-state index is 13.0. The zero-order chi connectivity index (χ0) is 26.9. The number of aromatic nitrogens is 3. The first-order valence-electron chi connectivity index (χ1n) is 11.6. The minimum absolute atomic E-state index is 0.379. The van der Waals surface area contributed by atoms with E-state index < -0.39 is 79.6 Å². The summed E-state index contributed by atoms with van der Waals surface area (Å²) in [5.41, 5.74) is 0.835. The van der Waals surface area contributed by atoms with Gasteiger partial charge in [-0.3, -0.25) is 4.79 Å². The standard InChI is InChI=1S/C22H30N4O11/c1-9-14(23-10(2)28)18(15(29)13(8-27)34-9)35-22-17(31)19(33-3)16(30)20(36-22)21(32)37-26-12-7-5-4-6-11(12)24-25-26/h4-7,9,13-20,22,27,29-31H,8H2,1-3H3,(H,23,28)/t9-,13?,14?,15+,16-,17?,18+,19-,20?,22+/m0/s1. The molecular weight excluding hydrogens is 496 g/mol. The summed E-state index contributed by atoms with van der Waals surface area (Å²) in [5.74, 6) is -1.53. The number of nitrogens with zero attached hydrogens (tertiary/aromatic N) is 3. The van der Waals surface area contributed by atoms with Gasteiger partial charge in [0.05, 0.1) is 18.8 Å². The van der Waals surface area contributed by atoms with E-state index in [1.165, 1.54) is 14.0 Å². The summed E-state index contributed by atoms with van der Waals surface area (Å²) in [6.07, 6.45) is -12.4. The number of methoxy groups -OCH3 is 1. The third-order valence-electron chi connectivity index (χ3n) is 6.35. The number of hydrogen-bond donors (Lipinski definition) is 5. The molecule has 10 atom stereocenters. The van der Waals surface area contributed by atoms with Gasteiger partial charge in [-0.1, -0.05) is 17.0 Å². The number of carbonyl (C=O) groups excluding carboxylic acids is 2. The van der Waals surface area contributed by atoms with Gasteiger partial charge in [-0.05, 0) is 24.3 Å². The molecule has 1 amide bonds. The summed E-state index contributed by atoms with van der Waals surface area (Å²) in [4.78, 5) is 30.9. The quantitative estimate of drug-likeness (QED) is 0.227. The van der Waals surface area contributed by atoms with Crippen LogP contribution in [0.3, 0.4) is 0 Å². The Bertz CT molecular complexity index is 1100. The predicted molar refractivity (Wildman–Crippen MR) is 120 cm³/mol. The molecule has 2 aliphatic heterocycles. The third-order valence-corrected chi connectivity index (χ3v) is 6.35. The van der Waals surface area contributed by atoms with Crippen LogP contribution in [0.5, 0.6) is 0 Å². The number of para-hydroxylation sites is 1. The van der Waals surface area contributed by atoms with Crippen LogP contribution >= 0.6 is 0 Å². The van der Waals surface area contributed by atoms with E-state index in [-0.39, 0.29) is 0 Å². The van der Waals surface area contributed by atoms with Crippen LogP contribution in [0.2, 0.25) is 0 Å². The van der Waals surface area contributed by atoms with E-state index in [0.29, 0.717) is 11.0 Å². The van der Waals surface area contributed by atoms with Gasteiger partial charge in [-0.25, -0.2) is 4.79 Å². The highest BCUT2D eigenvalue weighted by atomic mass is 16.8. The van der Waals surface area contributed by atoms with Crippen molar-refractivity contribution in [2.24, 2.45) is 0 Å². The Morgan fingerprint density at radius 1 is 1.11 bits per heavy atom. The largest absolute Gasteiger partial charge is 0.394 e. The topological polar surface area (TPSA) is 204 Å². The summed E-state index contributed by atoms with van der Waals surface area (Å²) >= 11 is 0. The minimum Gasteiger partial charge on any atom is -0.394 e. The Kier molecular flexibility index (Phi) is 8.35. The van der Waals surface area contributed by atoms with Crippen molar-refractivity contribution in [3.8, 4) is 0 Å².